The first kappa shape index (κ1) is 18.3. The summed E-state index contributed by atoms with van der Waals surface area (Å²) in [5, 5.41) is 0. The molecule has 6 heteroatoms. The zero-order chi connectivity index (χ0) is 17.7. The lowest BCUT2D eigenvalue weighted by atomic mass is 9.93. The summed E-state index contributed by atoms with van der Waals surface area (Å²) in [6.07, 6.45) is 5.59. The molecule has 2 aromatic rings. The summed E-state index contributed by atoms with van der Waals surface area (Å²) in [7, 11) is -3.53. The molecule has 0 amide bonds. The van der Waals surface area contributed by atoms with Gasteiger partial charge in [-0.2, -0.15) is 0 Å². The van der Waals surface area contributed by atoms with Crippen molar-refractivity contribution in [2.75, 3.05) is 6.26 Å². The highest BCUT2D eigenvalue weighted by molar-refractivity contribution is 7.98. The predicted molar refractivity (Wildman–Crippen MR) is 102 cm³/mol. The lowest BCUT2D eigenvalue weighted by Gasteiger charge is -2.32. The maximum atomic E-state index is 12.6. The van der Waals surface area contributed by atoms with E-state index in [9.17, 15) is 8.42 Å². The zero-order valence-electron chi connectivity index (χ0n) is 14.2. The Hall–Kier alpha value is -1.50. The van der Waals surface area contributed by atoms with E-state index >= 15 is 0 Å². The summed E-state index contributed by atoms with van der Waals surface area (Å²) >= 11 is 1.68. The van der Waals surface area contributed by atoms with Gasteiger partial charge >= 0.3 is 0 Å². The molecule has 2 aromatic carbocycles. The lowest BCUT2D eigenvalue weighted by Crippen LogP contribution is -2.47. The van der Waals surface area contributed by atoms with E-state index < -0.39 is 10.0 Å². The molecule has 0 heterocycles. The Balaban J connectivity index is 1.72. The van der Waals surface area contributed by atoms with Crippen LogP contribution in [0.15, 0.2) is 64.4 Å². The summed E-state index contributed by atoms with van der Waals surface area (Å²) in [6, 6.07) is 16.2. The second kappa shape index (κ2) is 8.25. The third kappa shape index (κ3) is 4.77. The van der Waals surface area contributed by atoms with Crippen LogP contribution in [0.4, 0.5) is 0 Å². The van der Waals surface area contributed by atoms with E-state index in [1.54, 1.807) is 36.0 Å². The van der Waals surface area contributed by atoms with Crippen LogP contribution in [0.25, 0.3) is 0 Å². The van der Waals surface area contributed by atoms with Crippen LogP contribution >= 0.6 is 11.8 Å². The standard InChI is InChI=1S/C19H23NO3S2/c1-24-16-13-11-15(12-14-16)23-19-10-6-5-9-18(19)20-25(21,22)17-7-3-2-4-8-17/h2-4,7-8,11-14,18-20H,5-6,9-10H2,1H3/t18-,19+/m0/s1. The van der Waals surface area contributed by atoms with E-state index in [1.165, 1.54) is 4.90 Å². The van der Waals surface area contributed by atoms with E-state index in [-0.39, 0.29) is 12.1 Å². The van der Waals surface area contributed by atoms with Crippen molar-refractivity contribution in [1.82, 2.24) is 4.72 Å². The monoisotopic (exact) mass is 377 g/mol. The average Bonchev–Trinajstić information content (AvgIpc) is 2.64. The normalized spacial score (nSPS) is 21.0. The predicted octanol–water partition coefficient (Wildman–Crippen LogP) is 4.08. The molecule has 1 N–H and O–H groups in total. The van der Waals surface area contributed by atoms with Gasteiger partial charge in [0.1, 0.15) is 11.9 Å². The van der Waals surface area contributed by atoms with Crippen molar-refractivity contribution in [3.63, 3.8) is 0 Å². The Kier molecular flexibility index (Phi) is 6.04. The fourth-order valence-corrected chi connectivity index (χ4v) is 4.80. The van der Waals surface area contributed by atoms with Gasteiger partial charge in [-0.05, 0) is 61.9 Å². The van der Waals surface area contributed by atoms with Gasteiger partial charge in [-0.25, -0.2) is 13.1 Å². The Labute approximate surface area is 154 Å². The number of hydrogen-bond acceptors (Lipinski definition) is 4. The minimum Gasteiger partial charge on any atom is -0.489 e. The molecule has 1 fully saturated rings. The summed E-state index contributed by atoms with van der Waals surface area (Å²) in [6.45, 7) is 0. The second-order valence-electron chi connectivity index (χ2n) is 6.16. The molecule has 0 unspecified atom stereocenters. The fraction of sp³-hybridized carbons (Fsp3) is 0.368. The quantitative estimate of drug-likeness (QED) is 0.771. The zero-order valence-corrected chi connectivity index (χ0v) is 15.9. The molecule has 1 saturated carbocycles. The van der Waals surface area contributed by atoms with Crippen molar-refractivity contribution in [2.45, 2.75) is 47.6 Å². The van der Waals surface area contributed by atoms with E-state index in [2.05, 4.69) is 4.72 Å². The topological polar surface area (TPSA) is 55.4 Å². The number of benzene rings is 2. The van der Waals surface area contributed by atoms with Crippen LogP contribution in [-0.2, 0) is 10.0 Å². The van der Waals surface area contributed by atoms with Gasteiger partial charge in [0, 0.05) is 4.90 Å². The van der Waals surface area contributed by atoms with Gasteiger partial charge in [0.05, 0.1) is 10.9 Å². The Morgan fingerprint density at radius 3 is 2.36 bits per heavy atom. The molecule has 0 bridgehead atoms. The molecule has 0 saturated heterocycles. The third-order valence-electron chi connectivity index (χ3n) is 4.41. The number of ether oxygens (including phenoxy) is 1. The molecular formula is C19H23NO3S2. The van der Waals surface area contributed by atoms with Crippen molar-refractivity contribution in [2.24, 2.45) is 0 Å². The van der Waals surface area contributed by atoms with Gasteiger partial charge in [-0.1, -0.05) is 24.6 Å². The maximum Gasteiger partial charge on any atom is 0.240 e. The summed E-state index contributed by atoms with van der Waals surface area (Å²) in [5.74, 6) is 0.786. The fourth-order valence-electron chi connectivity index (χ4n) is 3.07. The van der Waals surface area contributed by atoms with Crippen molar-refractivity contribution in [3.05, 3.63) is 54.6 Å². The molecule has 25 heavy (non-hydrogen) atoms. The molecule has 3 rings (SSSR count). The number of rotatable bonds is 6. The molecule has 4 nitrogen and oxygen atoms in total. The van der Waals surface area contributed by atoms with Gasteiger partial charge in [-0.15, -0.1) is 11.8 Å². The number of hydrogen-bond donors (Lipinski definition) is 1. The van der Waals surface area contributed by atoms with Crippen molar-refractivity contribution >= 4 is 21.8 Å². The highest BCUT2D eigenvalue weighted by Gasteiger charge is 2.31. The molecule has 0 aliphatic heterocycles. The third-order valence-corrected chi connectivity index (χ3v) is 6.66. The van der Waals surface area contributed by atoms with Crippen molar-refractivity contribution < 1.29 is 13.2 Å². The minimum atomic E-state index is -3.53. The average molecular weight is 378 g/mol. The van der Waals surface area contributed by atoms with Crippen LogP contribution in [0.3, 0.4) is 0 Å². The Morgan fingerprint density at radius 2 is 1.68 bits per heavy atom. The molecule has 1 aliphatic carbocycles. The lowest BCUT2D eigenvalue weighted by molar-refractivity contribution is 0.125. The SMILES string of the molecule is CSc1ccc(O[C@@H]2CCCC[C@@H]2NS(=O)(=O)c2ccccc2)cc1. The van der Waals surface area contributed by atoms with Gasteiger partial charge in [0.25, 0.3) is 0 Å². The highest BCUT2D eigenvalue weighted by Crippen LogP contribution is 2.26. The first-order chi connectivity index (χ1) is 12.1. The van der Waals surface area contributed by atoms with Crippen molar-refractivity contribution in [1.29, 1.82) is 0 Å². The van der Waals surface area contributed by atoms with E-state index in [1.807, 2.05) is 36.6 Å². The van der Waals surface area contributed by atoms with Crippen molar-refractivity contribution in [3.8, 4) is 5.75 Å². The van der Waals surface area contributed by atoms with E-state index in [0.29, 0.717) is 4.90 Å². The molecule has 0 spiro atoms. The number of thioether (sulfide) groups is 1. The molecule has 2 atom stereocenters. The summed E-state index contributed by atoms with van der Waals surface area (Å²) < 4.78 is 34.2. The van der Waals surface area contributed by atoms with Crippen LogP contribution in [0.1, 0.15) is 25.7 Å². The van der Waals surface area contributed by atoms with Crippen LogP contribution in [-0.4, -0.2) is 26.8 Å². The molecule has 1 aliphatic rings. The van der Waals surface area contributed by atoms with Gasteiger partial charge in [0.15, 0.2) is 0 Å². The van der Waals surface area contributed by atoms with Gasteiger partial charge < -0.3 is 4.74 Å². The first-order valence-corrected chi connectivity index (χ1v) is 11.2. The highest BCUT2D eigenvalue weighted by atomic mass is 32.2. The smallest absolute Gasteiger partial charge is 0.240 e. The maximum absolute atomic E-state index is 12.6. The van der Waals surface area contributed by atoms with Crippen LogP contribution in [0.5, 0.6) is 5.75 Å². The van der Waals surface area contributed by atoms with Gasteiger partial charge in [0.2, 0.25) is 10.0 Å². The van der Waals surface area contributed by atoms with E-state index in [0.717, 1.165) is 31.4 Å². The van der Waals surface area contributed by atoms with Gasteiger partial charge in [-0.3, -0.25) is 0 Å². The molecule has 134 valence electrons. The summed E-state index contributed by atoms with van der Waals surface area (Å²) in [5.41, 5.74) is 0. The molecule has 0 radical (unpaired) electrons. The summed E-state index contributed by atoms with van der Waals surface area (Å²) in [4.78, 5) is 1.47. The Morgan fingerprint density at radius 1 is 1.00 bits per heavy atom. The minimum absolute atomic E-state index is 0.146. The van der Waals surface area contributed by atoms with Crippen LogP contribution < -0.4 is 9.46 Å². The Bertz CT molecular complexity index is 776. The van der Waals surface area contributed by atoms with Crippen LogP contribution in [0.2, 0.25) is 0 Å². The number of sulfonamides is 1. The van der Waals surface area contributed by atoms with Crippen LogP contribution in [0, 0.1) is 0 Å². The van der Waals surface area contributed by atoms with E-state index in [4.69, 9.17) is 4.74 Å². The first-order valence-electron chi connectivity index (χ1n) is 8.46. The largest absolute Gasteiger partial charge is 0.489 e. The second-order valence-corrected chi connectivity index (χ2v) is 8.75. The molecule has 0 aromatic heterocycles. The molecular weight excluding hydrogens is 354 g/mol. The number of nitrogens with one attached hydrogen (secondary N) is 1.